The number of hydrogen-bond acceptors (Lipinski definition) is 6. The van der Waals surface area contributed by atoms with Crippen molar-refractivity contribution in [3.8, 4) is 45.0 Å². The van der Waals surface area contributed by atoms with E-state index in [1.54, 1.807) is 9.59 Å². The highest BCUT2D eigenvalue weighted by Gasteiger charge is 2.43. The van der Waals surface area contributed by atoms with Crippen LogP contribution >= 0.6 is 0 Å². The van der Waals surface area contributed by atoms with Crippen molar-refractivity contribution in [1.82, 2.24) is 45.0 Å². The molecule has 0 N–H and O–H groups in total. The molecule has 0 aliphatic rings. The number of hydrogen-bond donors (Lipinski definition) is 0. The Hall–Kier alpha value is -10.5. The van der Waals surface area contributed by atoms with Gasteiger partial charge in [0.1, 0.15) is 25.5 Å². The summed E-state index contributed by atoms with van der Waals surface area (Å²) in [5.74, 6) is 2.41. The number of aromatic nitrogens is 10. The van der Waals surface area contributed by atoms with Gasteiger partial charge in [0.25, 0.3) is 5.82 Å². The van der Waals surface area contributed by atoms with Gasteiger partial charge in [-0.25, -0.2) is 9.13 Å². The SMILES string of the molecule is CCCCc1n(Cc2ccc(-c3ccccc3-c3nnn(C(c4ccccc4)(c4ccccc4)c4ccccc4)n3)cc2)cc[n+]1Cc1ccc(-c2ccccc2-c2nnn(C(c3ccccc3)(c3ccccc3)c3ccccc3)n2)cc1. The van der Waals surface area contributed by atoms with Gasteiger partial charge in [-0.3, -0.25) is 0 Å². The van der Waals surface area contributed by atoms with E-state index in [0.717, 1.165) is 99.1 Å². The Morgan fingerprint density at radius 3 is 1.07 bits per heavy atom. The van der Waals surface area contributed by atoms with Gasteiger partial charge in [0.15, 0.2) is 11.1 Å². The van der Waals surface area contributed by atoms with Crippen LogP contribution in [-0.4, -0.2) is 45.0 Å². The summed E-state index contributed by atoms with van der Waals surface area (Å²) in [6, 6.07) is 97.3. The lowest BCUT2D eigenvalue weighted by molar-refractivity contribution is -0.695. The smallest absolute Gasteiger partial charge is 0.230 e. The van der Waals surface area contributed by atoms with Gasteiger partial charge in [-0.2, -0.15) is 0 Å². The zero-order chi connectivity index (χ0) is 55.8. The Labute approximate surface area is 484 Å². The summed E-state index contributed by atoms with van der Waals surface area (Å²) in [7, 11) is 0. The Morgan fingerprint density at radius 2 is 0.711 bits per heavy atom. The van der Waals surface area contributed by atoms with Crippen molar-refractivity contribution in [2.75, 3.05) is 0 Å². The fraction of sp³-hybridized carbons (Fsp3) is 0.110. The number of nitrogens with zero attached hydrogens (tertiary/aromatic N) is 10. The molecule has 402 valence electrons. The van der Waals surface area contributed by atoms with E-state index in [1.807, 2.05) is 48.5 Å². The lowest BCUT2D eigenvalue weighted by atomic mass is 9.77. The van der Waals surface area contributed by atoms with Crippen molar-refractivity contribution in [2.24, 2.45) is 0 Å². The monoisotopic (exact) mass is 1080 g/mol. The molecule has 0 bridgehead atoms. The summed E-state index contributed by atoms with van der Waals surface area (Å²) in [6.45, 7) is 3.76. The van der Waals surface area contributed by atoms with Crippen LogP contribution in [-0.2, 0) is 30.6 Å². The average molecular weight is 1080 g/mol. The van der Waals surface area contributed by atoms with Crippen LogP contribution in [0.15, 0.2) is 291 Å². The molecule has 0 radical (unpaired) electrons. The highest BCUT2D eigenvalue weighted by molar-refractivity contribution is 5.81. The molecule has 3 heterocycles. The number of benzene rings is 10. The first-order chi connectivity index (χ1) is 41.1. The van der Waals surface area contributed by atoms with Crippen LogP contribution < -0.4 is 4.57 Å². The van der Waals surface area contributed by atoms with Crippen molar-refractivity contribution in [1.29, 1.82) is 0 Å². The number of unbranched alkanes of at least 4 members (excludes halogenated alkanes) is 1. The molecule has 83 heavy (non-hydrogen) atoms. The van der Waals surface area contributed by atoms with Gasteiger partial charge >= 0.3 is 0 Å². The van der Waals surface area contributed by atoms with Crippen molar-refractivity contribution in [3.63, 3.8) is 0 Å². The van der Waals surface area contributed by atoms with Crippen LogP contribution in [0, 0.1) is 0 Å². The predicted octanol–water partition coefficient (Wildman–Crippen LogP) is 14.5. The lowest BCUT2D eigenvalue weighted by Gasteiger charge is -2.34. The molecule has 0 saturated carbocycles. The Morgan fingerprint density at radius 1 is 0.373 bits per heavy atom. The topological polar surface area (TPSA) is 96.0 Å². The van der Waals surface area contributed by atoms with Gasteiger partial charge < -0.3 is 0 Å². The Kier molecular flexibility index (Phi) is 14.6. The molecule has 0 spiro atoms. The second-order valence-electron chi connectivity index (χ2n) is 21.0. The molecule has 10 heteroatoms. The second kappa shape index (κ2) is 23.3. The second-order valence-corrected chi connectivity index (χ2v) is 21.0. The lowest BCUT2D eigenvalue weighted by Crippen LogP contribution is -2.39. The van der Waals surface area contributed by atoms with E-state index >= 15 is 0 Å². The van der Waals surface area contributed by atoms with Gasteiger partial charge in [0, 0.05) is 17.5 Å². The minimum atomic E-state index is -0.870. The highest BCUT2D eigenvalue weighted by Crippen LogP contribution is 2.42. The van der Waals surface area contributed by atoms with Crippen LogP contribution in [0.5, 0.6) is 0 Å². The predicted molar refractivity (Wildman–Crippen MR) is 328 cm³/mol. The van der Waals surface area contributed by atoms with Crippen LogP contribution in [0.3, 0.4) is 0 Å². The molecule has 0 aliphatic carbocycles. The van der Waals surface area contributed by atoms with Gasteiger partial charge in [-0.05, 0) is 83.6 Å². The van der Waals surface area contributed by atoms with Crippen LogP contribution in [0.2, 0.25) is 0 Å². The summed E-state index contributed by atoms with van der Waals surface area (Å²) in [5.41, 5.74) is 13.0. The maximum atomic E-state index is 5.25. The van der Waals surface area contributed by atoms with Crippen LogP contribution in [0.4, 0.5) is 0 Å². The highest BCUT2D eigenvalue weighted by atomic mass is 15.6. The van der Waals surface area contributed by atoms with Gasteiger partial charge in [-0.1, -0.05) is 292 Å². The van der Waals surface area contributed by atoms with Crippen molar-refractivity contribution < 1.29 is 4.57 Å². The average Bonchev–Trinajstić information content (AvgIpc) is 3.98. The fourth-order valence-corrected chi connectivity index (χ4v) is 11.9. The molecule has 0 saturated heterocycles. The zero-order valence-electron chi connectivity index (χ0n) is 46.2. The molecule has 0 unspecified atom stereocenters. The summed E-state index contributed by atoms with van der Waals surface area (Å²) < 4.78 is 4.82. The largest absolute Gasteiger partial charge is 0.256 e. The third-order valence-electron chi connectivity index (χ3n) is 16.0. The molecule has 0 amide bonds. The third-order valence-corrected chi connectivity index (χ3v) is 16.0. The standard InChI is InChI=1S/C73H61N10/c1-2-3-42-69-80(53-55-43-47-57(48-44-55)65-38-22-24-40-67(65)70-74-78-82(76-70)72(59-26-10-4-11-27-59,60-28-12-5-13-29-60)61-30-14-6-15-31-61)51-52-81(69)54-56-45-49-58(50-46-56)66-39-23-25-41-68(66)71-75-79-83(77-71)73(62-32-16-7-17-33-62,63-34-18-8-19-35-63)64-36-20-9-21-37-64/h4-41,43-52H,2-3,42,53-54H2,1H3/q+1. The first-order valence-electron chi connectivity index (χ1n) is 28.5. The van der Waals surface area contributed by atoms with E-state index < -0.39 is 11.1 Å². The van der Waals surface area contributed by atoms with Crippen molar-refractivity contribution >= 4 is 0 Å². The van der Waals surface area contributed by atoms with Gasteiger partial charge in [0.2, 0.25) is 11.6 Å². The molecule has 0 aliphatic heterocycles. The summed E-state index contributed by atoms with van der Waals surface area (Å²) in [5, 5.41) is 29.8. The Bertz CT molecular complexity index is 3750. The molecule has 3 aromatic heterocycles. The summed E-state index contributed by atoms with van der Waals surface area (Å²) in [4.78, 5) is 3.58. The zero-order valence-corrected chi connectivity index (χ0v) is 46.2. The molecular formula is C73H61N10+. The first kappa shape index (κ1) is 52.0. The van der Waals surface area contributed by atoms with E-state index in [2.05, 4.69) is 259 Å². The van der Waals surface area contributed by atoms with Crippen LogP contribution in [0.1, 0.15) is 70.1 Å². The minimum Gasteiger partial charge on any atom is -0.230 e. The van der Waals surface area contributed by atoms with Gasteiger partial charge in [-0.15, -0.1) is 30.0 Å². The number of imidazole rings is 1. The molecule has 0 fully saturated rings. The van der Waals surface area contributed by atoms with E-state index in [0.29, 0.717) is 11.6 Å². The molecule has 13 aromatic rings. The summed E-state index contributed by atoms with van der Waals surface area (Å²) >= 11 is 0. The van der Waals surface area contributed by atoms with E-state index in [9.17, 15) is 0 Å². The quantitative estimate of drug-likeness (QED) is 0.0591. The molecule has 10 nitrogen and oxygen atoms in total. The maximum Gasteiger partial charge on any atom is 0.256 e. The minimum absolute atomic E-state index is 0.556. The van der Waals surface area contributed by atoms with E-state index in [1.165, 1.54) is 17.0 Å². The number of tetrazole rings is 2. The normalized spacial score (nSPS) is 11.7. The Balaban J connectivity index is 0.754. The first-order valence-corrected chi connectivity index (χ1v) is 28.5. The molecule has 0 atom stereocenters. The maximum absolute atomic E-state index is 5.25. The van der Waals surface area contributed by atoms with Crippen molar-refractivity contribution in [3.05, 3.63) is 342 Å². The summed E-state index contributed by atoms with van der Waals surface area (Å²) in [6.07, 6.45) is 7.64. The van der Waals surface area contributed by atoms with Crippen LogP contribution in [0.25, 0.3) is 45.0 Å². The van der Waals surface area contributed by atoms with Gasteiger partial charge in [0.05, 0.1) is 0 Å². The molecular weight excluding hydrogens is 1020 g/mol. The number of rotatable bonds is 19. The van der Waals surface area contributed by atoms with E-state index in [-0.39, 0.29) is 0 Å². The molecule has 10 aromatic carbocycles. The fourth-order valence-electron chi connectivity index (χ4n) is 11.9. The van der Waals surface area contributed by atoms with E-state index in [4.69, 9.17) is 30.8 Å². The molecule has 13 rings (SSSR count). The third kappa shape index (κ3) is 9.95. The van der Waals surface area contributed by atoms with Crippen molar-refractivity contribution in [2.45, 2.75) is 50.4 Å².